The Bertz CT molecular complexity index is 374. The van der Waals surface area contributed by atoms with Crippen molar-refractivity contribution in [1.29, 1.82) is 0 Å². The molecule has 1 aromatic carbocycles. The van der Waals surface area contributed by atoms with Crippen molar-refractivity contribution in [3.05, 3.63) is 34.3 Å². The van der Waals surface area contributed by atoms with E-state index in [0.717, 1.165) is 17.3 Å². The van der Waals surface area contributed by atoms with E-state index in [9.17, 15) is 13.2 Å². The average molecular weight is 322 g/mol. The van der Waals surface area contributed by atoms with Crippen LogP contribution in [0.3, 0.4) is 0 Å². The Kier molecular flexibility index (Phi) is 4.67. The molecule has 0 N–H and O–H groups in total. The first-order valence-corrected chi connectivity index (χ1v) is 6.79. The van der Waals surface area contributed by atoms with Gasteiger partial charge in [0.2, 0.25) is 6.30 Å². The highest BCUT2D eigenvalue weighted by Gasteiger charge is 2.30. The Hall–Kier alpha value is -0.550. The van der Waals surface area contributed by atoms with Crippen LogP contribution in [0.2, 0.25) is 0 Å². The molecule has 1 aromatic rings. The first-order chi connectivity index (χ1) is 8.58. The molecule has 5 heteroatoms. The SMILES string of the molecule is FC(F)C(F)N1CCC(c2ccc(Br)cc2)CC1. The number of hydrogen-bond donors (Lipinski definition) is 0. The number of halogens is 4. The fourth-order valence-corrected chi connectivity index (χ4v) is 2.64. The second-order valence-corrected chi connectivity index (χ2v) is 5.48. The van der Waals surface area contributed by atoms with Crippen molar-refractivity contribution in [2.45, 2.75) is 31.5 Å². The smallest absolute Gasteiger partial charge is 0.269 e. The predicted octanol–water partition coefficient (Wildman–Crippen LogP) is 4.19. The van der Waals surface area contributed by atoms with Gasteiger partial charge in [-0.3, -0.25) is 4.90 Å². The number of likely N-dealkylation sites (tertiary alicyclic amines) is 1. The summed E-state index contributed by atoms with van der Waals surface area (Å²) in [5.74, 6) is 0.347. The van der Waals surface area contributed by atoms with Gasteiger partial charge < -0.3 is 0 Å². The van der Waals surface area contributed by atoms with Crippen LogP contribution in [0.1, 0.15) is 24.3 Å². The van der Waals surface area contributed by atoms with E-state index in [1.165, 1.54) is 10.5 Å². The minimum absolute atomic E-state index is 0.347. The Morgan fingerprint density at radius 3 is 2.11 bits per heavy atom. The molecule has 1 nitrogen and oxygen atoms in total. The summed E-state index contributed by atoms with van der Waals surface area (Å²) in [7, 11) is 0. The third kappa shape index (κ3) is 3.26. The van der Waals surface area contributed by atoms with Gasteiger partial charge in [-0.2, -0.15) is 0 Å². The van der Waals surface area contributed by atoms with Crippen molar-refractivity contribution in [3.8, 4) is 0 Å². The van der Waals surface area contributed by atoms with Gasteiger partial charge in [-0.15, -0.1) is 0 Å². The van der Waals surface area contributed by atoms with Gasteiger partial charge >= 0.3 is 0 Å². The number of piperidine rings is 1. The molecule has 0 aliphatic carbocycles. The fourth-order valence-electron chi connectivity index (χ4n) is 2.37. The van der Waals surface area contributed by atoms with E-state index in [0.29, 0.717) is 19.0 Å². The molecular formula is C13H15BrF3N. The zero-order valence-electron chi connectivity index (χ0n) is 9.83. The van der Waals surface area contributed by atoms with E-state index in [2.05, 4.69) is 15.9 Å². The number of benzene rings is 1. The maximum absolute atomic E-state index is 13.2. The van der Waals surface area contributed by atoms with E-state index in [-0.39, 0.29) is 0 Å². The van der Waals surface area contributed by atoms with Crippen LogP contribution in [0.25, 0.3) is 0 Å². The van der Waals surface area contributed by atoms with Gasteiger partial charge in [0.05, 0.1) is 0 Å². The highest BCUT2D eigenvalue weighted by Crippen LogP contribution is 2.30. The van der Waals surface area contributed by atoms with Crippen molar-refractivity contribution >= 4 is 15.9 Å². The molecule has 1 fully saturated rings. The Morgan fingerprint density at radius 1 is 1.06 bits per heavy atom. The topological polar surface area (TPSA) is 3.24 Å². The van der Waals surface area contributed by atoms with E-state index >= 15 is 0 Å². The largest absolute Gasteiger partial charge is 0.282 e. The zero-order chi connectivity index (χ0) is 13.1. The van der Waals surface area contributed by atoms with Crippen LogP contribution in [0.4, 0.5) is 13.2 Å². The normalized spacial score (nSPS) is 20.3. The molecule has 0 bridgehead atoms. The monoisotopic (exact) mass is 321 g/mol. The molecule has 0 aromatic heterocycles. The van der Waals surface area contributed by atoms with E-state index in [4.69, 9.17) is 0 Å². The summed E-state index contributed by atoms with van der Waals surface area (Å²) in [6.45, 7) is 0.790. The van der Waals surface area contributed by atoms with Crippen molar-refractivity contribution < 1.29 is 13.2 Å². The third-order valence-corrected chi connectivity index (χ3v) is 3.96. The average Bonchev–Trinajstić information content (AvgIpc) is 2.39. The lowest BCUT2D eigenvalue weighted by atomic mass is 9.89. The number of alkyl halides is 3. The molecule has 1 aliphatic rings. The number of nitrogens with zero attached hydrogens (tertiary/aromatic N) is 1. The zero-order valence-corrected chi connectivity index (χ0v) is 11.4. The molecule has 1 aliphatic heterocycles. The van der Waals surface area contributed by atoms with Gasteiger partial charge in [-0.05, 0) is 36.5 Å². The lowest BCUT2D eigenvalue weighted by Crippen LogP contribution is -2.42. The summed E-state index contributed by atoms with van der Waals surface area (Å²) < 4.78 is 38.7. The summed E-state index contributed by atoms with van der Waals surface area (Å²) in [6, 6.07) is 8.01. The van der Waals surface area contributed by atoms with Gasteiger partial charge in [-0.25, -0.2) is 13.2 Å². The molecule has 1 unspecified atom stereocenters. The van der Waals surface area contributed by atoms with E-state index in [1.807, 2.05) is 24.3 Å². The van der Waals surface area contributed by atoms with Crippen LogP contribution in [-0.4, -0.2) is 30.7 Å². The molecule has 0 spiro atoms. The van der Waals surface area contributed by atoms with Gasteiger partial charge in [0.15, 0.2) is 0 Å². The molecule has 1 saturated heterocycles. The lowest BCUT2D eigenvalue weighted by molar-refractivity contribution is -0.0575. The lowest BCUT2D eigenvalue weighted by Gasteiger charge is -2.33. The Balaban J connectivity index is 1.92. The van der Waals surface area contributed by atoms with Gasteiger partial charge in [-0.1, -0.05) is 28.1 Å². The standard InChI is InChI=1S/C13H15BrF3N/c14-11-3-1-9(2-4-11)10-5-7-18(8-6-10)13(17)12(15)16/h1-4,10,12-13H,5-8H2. The number of hydrogen-bond acceptors (Lipinski definition) is 1. The van der Waals surface area contributed by atoms with Crippen LogP contribution in [0.15, 0.2) is 28.7 Å². The van der Waals surface area contributed by atoms with E-state index < -0.39 is 12.7 Å². The van der Waals surface area contributed by atoms with Gasteiger partial charge in [0, 0.05) is 17.6 Å². The number of rotatable bonds is 3. The maximum atomic E-state index is 13.2. The highest BCUT2D eigenvalue weighted by atomic mass is 79.9. The highest BCUT2D eigenvalue weighted by molar-refractivity contribution is 9.10. The minimum atomic E-state index is -2.91. The quantitative estimate of drug-likeness (QED) is 0.754. The van der Waals surface area contributed by atoms with Crippen LogP contribution >= 0.6 is 15.9 Å². The third-order valence-electron chi connectivity index (χ3n) is 3.43. The van der Waals surface area contributed by atoms with Gasteiger partial charge in [0.25, 0.3) is 6.43 Å². The summed E-state index contributed by atoms with van der Waals surface area (Å²) in [6.07, 6.45) is -3.56. The van der Waals surface area contributed by atoms with Crippen molar-refractivity contribution in [2.75, 3.05) is 13.1 Å². The second-order valence-electron chi connectivity index (χ2n) is 4.57. The summed E-state index contributed by atoms with van der Waals surface area (Å²) in [5.41, 5.74) is 1.20. The van der Waals surface area contributed by atoms with E-state index in [1.54, 1.807) is 0 Å². The van der Waals surface area contributed by atoms with Crippen LogP contribution in [-0.2, 0) is 0 Å². The molecule has 18 heavy (non-hydrogen) atoms. The van der Waals surface area contributed by atoms with Crippen molar-refractivity contribution in [3.63, 3.8) is 0 Å². The van der Waals surface area contributed by atoms with Crippen LogP contribution in [0.5, 0.6) is 0 Å². The molecule has 100 valence electrons. The van der Waals surface area contributed by atoms with Crippen LogP contribution < -0.4 is 0 Å². The maximum Gasteiger partial charge on any atom is 0.282 e. The minimum Gasteiger partial charge on any atom is -0.269 e. The molecule has 0 saturated carbocycles. The van der Waals surface area contributed by atoms with Crippen LogP contribution in [0, 0.1) is 0 Å². The predicted molar refractivity (Wildman–Crippen MR) is 68.6 cm³/mol. The molecule has 1 heterocycles. The van der Waals surface area contributed by atoms with Gasteiger partial charge in [0.1, 0.15) is 0 Å². The Morgan fingerprint density at radius 2 is 1.61 bits per heavy atom. The summed E-state index contributed by atoms with van der Waals surface area (Å²) >= 11 is 3.37. The molecule has 1 atom stereocenters. The molecular weight excluding hydrogens is 307 g/mol. The fraction of sp³-hybridized carbons (Fsp3) is 0.538. The molecule has 0 amide bonds. The van der Waals surface area contributed by atoms with Crippen molar-refractivity contribution in [1.82, 2.24) is 4.90 Å². The second kappa shape index (κ2) is 6.06. The summed E-state index contributed by atoms with van der Waals surface area (Å²) in [5, 5.41) is 0. The molecule has 2 rings (SSSR count). The van der Waals surface area contributed by atoms with Crippen molar-refractivity contribution in [2.24, 2.45) is 0 Å². The Labute approximate surface area is 113 Å². The summed E-state index contributed by atoms with van der Waals surface area (Å²) in [4.78, 5) is 1.24. The molecule has 0 radical (unpaired) electrons. The first kappa shape index (κ1) is 13.9. The first-order valence-electron chi connectivity index (χ1n) is 5.99.